The Hall–Kier alpha value is -7.88. The molecular formula is C66H96N8O18S. The van der Waals surface area contributed by atoms with Crippen molar-refractivity contribution < 1.29 is 86.3 Å². The number of nitrogens with one attached hydrogen (secondary N) is 5. The molecule has 0 aromatic heterocycles. The molecule has 26 nitrogen and oxygen atoms in total. The van der Waals surface area contributed by atoms with Crippen LogP contribution in [0.3, 0.4) is 0 Å². The molecule has 6 N–H and O–H groups in total. The maximum absolute atomic E-state index is 14.1. The number of hydrogen-bond acceptors (Lipinski definition) is 19. The number of anilines is 1. The number of benzene rings is 2. The number of methoxy groups -OCH3 is 2. The Balaban J connectivity index is 1.19. The largest absolute Gasteiger partial charge is 0.462 e. The summed E-state index contributed by atoms with van der Waals surface area (Å²) in [6, 6.07) is 11.8. The minimum absolute atomic E-state index is 0.0593. The standard InChI is InChI=1S/C66H96N8O18S/c1-14-49(51(87-12)34-54(77)74-29-20-23-50(74)62(88-13)41(8)63(83)69-42(9)61(82)44-21-18-17-19-22-44)72(10)55(78)36-68-65(85)60(40(6)7)73(11)66(86)89-37-43-24-26-45(27-25-43)70-52(75)35-67-64(84)59(39(4)5)71-53(76)38-93-30-28-58(81)92-48-32-46(90-56(79)15-2)31-47(33-48)91-57(80)16-3/h15-19,21-22,24-27,39-42,46-51,59-62,82H,2-3,14,20,23,28-38H2,1,4-13H3,(H,67,84)(H,68,85)(H,69,83)(H,70,75)(H,71,76)/t41-,42-,46-,47+,48-,49+,50+,51-,59?,60?,61-,62-/m1/s1. The second-order valence-electron chi connectivity index (χ2n) is 23.9. The third-order valence-electron chi connectivity index (χ3n) is 16.3. The molecule has 1 saturated heterocycles. The summed E-state index contributed by atoms with van der Waals surface area (Å²) in [5.74, 6) is -6.49. The first-order valence-corrected chi connectivity index (χ1v) is 32.5. The van der Waals surface area contributed by atoms with Gasteiger partial charge in [0, 0.05) is 77.7 Å². The number of likely N-dealkylation sites (N-methyl/N-ethyl adjacent to an activating group) is 2. The van der Waals surface area contributed by atoms with Crippen molar-refractivity contribution in [3.63, 3.8) is 0 Å². The quantitative estimate of drug-likeness (QED) is 0.0236. The van der Waals surface area contributed by atoms with Crippen molar-refractivity contribution >= 4 is 82.8 Å². The van der Waals surface area contributed by atoms with Crippen LogP contribution in [0.15, 0.2) is 79.9 Å². The number of thioether (sulfide) groups is 1. The van der Waals surface area contributed by atoms with Gasteiger partial charge >= 0.3 is 24.0 Å². The predicted molar refractivity (Wildman–Crippen MR) is 346 cm³/mol. The Labute approximate surface area is 549 Å². The van der Waals surface area contributed by atoms with Crippen LogP contribution in [-0.4, -0.2) is 205 Å². The number of aliphatic hydroxyl groups excluding tert-OH is 1. The number of carbonyl (C=O) groups is 11. The molecular weight excluding hydrogens is 1220 g/mol. The van der Waals surface area contributed by atoms with Crippen molar-refractivity contribution in [2.45, 2.75) is 173 Å². The van der Waals surface area contributed by atoms with Gasteiger partial charge in [0.25, 0.3) is 0 Å². The summed E-state index contributed by atoms with van der Waals surface area (Å²) in [6.07, 6.45) is -1.02. The van der Waals surface area contributed by atoms with E-state index < -0.39 is 145 Å². The lowest BCUT2D eigenvalue weighted by Gasteiger charge is -2.37. The van der Waals surface area contributed by atoms with Crippen molar-refractivity contribution in [1.82, 2.24) is 36.0 Å². The molecule has 2 aliphatic rings. The van der Waals surface area contributed by atoms with E-state index in [1.807, 2.05) is 25.1 Å². The molecule has 0 bridgehead atoms. The molecule has 1 aliphatic heterocycles. The molecule has 0 spiro atoms. The average Bonchev–Trinajstić information content (AvgIpc) is 1.81. The Morgan fingerprint density at radius 2 is 1.33 bits per heavy atom. The summed E-state index contributed by atoms with van der Waals surface area (Å²) in [4.78, 5) is 148. The van der Waals surface area contributed by atoms with Crippen LogP contribution in [0.5, 0.6) is 0 Å². The molecule has 12 atom stereocenters. The van der Waals surface area contributed by atoms with Gasteiger partial charge in [-0.25, -0.2) is 14.4 Å². The first kappa shape index (κ1) is 77.6. The van der Waals surface area contributed by atoms with Gasteiger partial charge in [-0.1, -0.05) is 97.2 Å². The van der Waals surface area contributed by atoms with Crippen LogP contribution in [-0.2, 0) is 83.0 Å². The highest BCUT2D eigenvalue weighted by Gasteiger charge is 2.42. The molecule has 1 heterocycles. The van der Waals surface area contributed by atoms with Crippen LogP contribution in [0, 0.1) is 17.8 Å². The zero-order valence-electron chi connectivity index (χ0n) is 55.4. The van der Waals surface area contributed by atoms with Crippen LogP contribution in [0.4, 0.5) is 10.5 Å². The van der Waals surface area contributed by atoms with Gasteiger partial charge in [-0.3, -0.25) is 43.3 Å². The van der Waals surface area contributed by atoms with Crippen LogP contribution in [0.25, 0.3) is 0 Å². The minimum atomic E-state index is -1.04. The monoisotopic (exact) mass is 1320 g/mol. The maximum atomic E-state index is 14.1. The minimum Gasteiger partial charge on any atom is -0.462 e. The van der Waals surface area contributed by atoms with Crippen molar-refractivity contribution in [3.05, 3.63) is 91.0 Å². The molecule has 2 aromatic rings. The predicted octanol–water partition coefficient (Wildman–Crippen LogP) is 4.53. The van der Waals surface area contributed by atoms with E-state index in [1.54, 1.807) is 89.9 Å². The highest BCUT2D eigenvalue weighted by atomic mass is 32.2. The summed E-state index contributed by atoms with van der Waals surface area (Å²) in [7, 11) is 5.95. The number of rotatable bonds is 36. The Morgan fingerprint density at radius 3 is 1.89 bits per heavy atom. The molecule has 27 heteroatoms. The summed E-state index contributed by atoms with van der Waals surface area (Å²) in [5, 5.41) is 24.4. The average molecular weight is 1320 g/mol. The topological polar surface area (TPSA) is 333 Å². The number of amides is 8. The number of hydrogen-bond donors (Lipinski definition) is 6. The first-order valence-electron chi connectivity index (χ1n) is 31.4. The third kappa shape index (κ3) is 24.5. The van der Waals surface area contributed by atoms with Crippen molar-refractivity contribution in [1.29, 1.82) is 0 Å². The van der Waals surface area contributed by atoms with E-state index in [9.17, 15) is 57.8 Å². The number of nitrogens with zero attached hydrogens (tertiary/aromatic N) is 3. The smallest absolute Gasteiger partial charge is 0.410 e. The molecule has 1 saturated carbocycles. The fourth-order valence-electron chi connectivity index (χ4n) is 11.3. The number of esters is 3. The van der Waals surface area contributed by atoms with Gasteiger partial charge in [-0.15, -0.1) is 0 Å². The fourth-order valence-corrected chi connectivity index (χ4v) is 12.1. The van der Waals surface area contributed by atoms with Crippen LogP contribution in [0.1, 0.15) is 117 Å². The molecule has 93 heavy (non-hydrogen) atoms. The highest BCUT2D eigenvalue weighted by Crippen LogP contribution is 2.30. The summed E-state index contributed by atoms with van der Waals surface area (Å²) >= 11 is 1.14. The van der Waals surface area contributed by atoms with E-state index in [4.69, 9.17) is 28.4 Å². The van der Waals surface area contributed by atoms with Crippen LogP contribution >= 0.6 is 11.8 Å². The second-order valence-corrected chi connectivity index (χ2v) is 25.0. The Morgan fingerprint density at radius 1 is 0.731 bits per heavy atom. The lowest BCUT2D eigenvalue weighted by molar-refractivity contribution is -0.165. The fraction of sp³-hybridized carbons (Fsp3) is 0.591. The molecule has 0 radical (unpaired) electrons. The summed E-state index contributed by atoms with van der Waals surface area (Å²) in [5.41, 5.74) is 1.58. The third-order valence-corrected chi connectivity index (χ3v) is 17.3. The lowest BCUT2D eigenvalue weighted by atomic mass is 9.92. The second kappa shape index (κ2) is 39.0. The maximum Gasteiger partial charge on any atom is 0.410 e. The van der Waals surface area contributed by atoms with E-state index in [0.29, 0.717) is 42.6 Å². The normalized spacial score (nSPS) is 18.7. The Bertz CT molecular complexity index is 2830. The number of aliphatic hydroxyl groups is 1. The number of carbonyl (C=O) groups excluding carboxylic acids is 11. The molecule has 2 unspecified atom stereocenters. The molecule has 4 rings (SSSR count). The van der Waals surface area contributed by atoms with Gasteiger partial charge in [-0.05, 0) is 61.3 Å². The van der Waals surface area contributed by atoms with Crippen molar-refractivity contribution in [3.8, 4) is 0 Å². The SMILES string of the molecule is C=CC(=O)O[C@@H]1C[C@H](OC(=O)C=C)C[C@H](OC(=O)CCSCC(=O)NC(C(=O)NCC(=O)Nc2ccc(COC(=O)N(C)C(C(=O)NCC(=O)N(C)[C@@H](CC)[C@@H](CC(=O)N3CCC[C@H]3[C@H](OC)[C@@H](C)C(=O)N[C@H](C)[C@@H](O)c3ccccc3)OC)C(C)C)cc2)C(C)C)C1. The lowest BCUT2D eigenvalue weighted by Crippen LogP contribution is -2.54. The van der Waals surface area contributed by atoms with E-state index in [0.717, 1.165) is 28.8 Å². The highest BCUT2D eigenvalue weighted by molar-refractivity contribution is 7.99. The van der Waals surface area contributed by atoms with E-state index in [1.165, 1.54) is 26.2 Å². The van der Waals surface area contributed by atoms with E-state index in [-0.39, 0.29) is 67.9 Å². The van der Waals surface area contributed by atoms with Crippen LogP contribution < -0.4 is 26.6 Å². The summed E-state index contributed by atoms with van der Waals surface area (Å²) < 4.78 is 33.5. The molecule has 8 amide bonds. The molecule has 1 aliphatic carbocycles. The number of ether oxygens (including phenoxy) is 6. The zero-order chi connectivity index (χ0) is 69.1. The van der Waals surface area contributed by atoms with Gasteiger partial charge in [0.15, 0.2) is 0 Å². The van der Waals surface area contributed by atoms with Crippen molar-refractivity contribution in [2.75, 3.05) is 64.8 Å². The van der Waals surface area contributed by atoms with Gasteiger partial charge in [0.05, 0.1) is 74.0 Å². The van der Waals surface area contributed by atoms with Gasteiger partial charge < -0.3 is 69.9 Å². The molecule has 2 fully saturated rings. The van der Waals surface area contributed by atoms with E-state index >= 15 is 0 Å². The van der Waals surface area contributed by atoms with Gasteiger partial charge in [-0.2, -0.15) is 11.8 Å². The van der Waals surface area contributed by atoms with Gasteiger partial charge in [0.1, 0.15) is 37.0 Å². The Kier molecular flexibility index (Phi) is 32.5. The van der Waals surface area contributed by atoms with Crippen molar-refractivity contribution in [2.24, 2.45) is 17.8 Å². The zero-order valence-corrected chi connectivity index (χ0v) is 56.2. The first-order chi connectivity index (χ1) is 44.2. The number of likely N-dealkylation sites (tertiary alicyclic amines) is 1. The molecule has 2 aromatic carbocycles. The van der Waals surface area contributed by atoms with E-state index in [2.05, 4.69) is 39.7 Å². The summed E-state index contributed by atoms with van der Waals surface area (Å²) in [6.45, 7) is 18.4. The van der Waals surface area contributed by atoms with Gasteiger partial charge in [0.2, 0.25) is 41.4 Å². The molecule has 514 valence electrons. The van der Waals surface area contributed by atoms with Crippen LogP contribution in [0.2, 0.25) is 0 Å².